The molecule has 0 unspecified atom stereocenters. The smallest absolute Gasteiger partial charge is 0.379 e. The number of carbonyl (C=O) groups is 1. The third kappa shape index (κ3) is 4.56. The van der Waals surface area contributed by atoms with Gasteiger partial charge in [-0.15, -0.1) is 0 Å². The molecule has 2 fully saturated rings. The summed E-state index contributed by atoms with van der Waals surface area (Å²) in [4.78, 5) is 17.0. The normalized spacial score (nSPS) is 21.6. The quantitative estimate of drug-likeness (QED) is 0.698. The summed E-state index contributed by atoms with van der Waals surface area (Å²) in [6, 6.07) is 14.1. The molecule has 2 aliphatic heterocycles. The number of benzene rings is 2. The summed E-state index contributed by atoms with van der Waals surface area (Å²) in [6.07, 6.45) is -3.88. The van der Waals surface area contributed by atoms with Gasteiger partial charge in [-0.2, -0.15) is 23.7 Å². The highest BCUT2D eigenvalue weighted by Gasteiger charge is 2.46. The minimum atomic E-state index is -4.75. The lowest BCUT2D eigenvalue weighted by Crippen LogP contribution is -2.55. The predicted octanol–water partition coefficient (Wildman–Crippen LogP) is 3.10. The molecule has 7 nitrogen and oxygen atoms in total. The van der Waals surface area contributed by atoms with Crippen molar-refractivity contribution in [2.45, 2.75) is 37.2 Å². The van der Waals surface area contributed by atoms with E-state index >= 15 is 0 Å². The number of nitrogens with one attached hydrogen (secondary N) is 1. The van der Waals surface area contributed by atoms with Crippen LogP contribution in [0.3, 0.4) is 0 Å². The molecule has 10 heteroatoms. The third-order valence-corrected chi connectivity index (χ3v) is 6.39. The highest BCUT2D eigenvalue weighted by atomic mass is 19.4. The van der Waals surface area contributed by atoms with Gasteiger partial charge in [-0.1, -0.05) is 0 Å². The van der Waals surface area contributed by atoms with E-state index in [0.717, 1.165) is 18.2 Å². The van der Waals surface area contributed by atoms with Crippen LogP contribution in [-0.2, 0) is 11.0 Å². The van der Waals surface area contributed by atoms with Crippen LogP contribution < -0.4 is 10.2 Å². The topological polar surface area (TPSA) is 103 Å². The molecule has 0 radical (unpaired) electrons. The fourth-order valence-corrected chi connectivity index (χ4v) is 4.67. The maximum Gasteiger partial charge on any atom is 0.417 e. The molecule has 0 saturated carbocycles. The van der Waals surface area contributed by atoms with Gasteiger partial charge in [-0.3, -0.25) is 9.69 Å². The second-order valence-electron chi connectivity index (χ2n) is 8.88. The van der Waals surface area contributed by atoms with Crippen molar-refractivity contribution in [3.05, 3.63) is 59.2 Å². The Labute approximate surface area is 194 Å². The van der Waals surface area contributed by atoms with Crippen molar-refractivity contribution in [1.29, 1.82) is 10.5 Å². The number of hydrogen-bond donors (Lipinski definition) is 2. The Hall–Kier alpha value is -3.60. The molecule has 1 amide bonds. The number of nitrogens with zero attached hydrogens (tertiary/aromatic N) is 4. The molecule has 3 atom stereocenters. The minimum absolute atomic E-state index is 0.0314. The van der Waals surface area contributed by atoms with Gasteiger partial charge >= 0.3 is 6.18 Å². The molecular formula is C24H22F3N5O2. The van der Waals surface area contributed by atoms with E-state index in [4.69, 9.17) is 10.5 Å². The molecule has 2 aromatic rings. The van der Waals surface area contributed by atoms with E-state index in [2.05, 4.69) is 16.3 Å². The predicted molar refractivity (Wildman–Crippen MR) is 118 cm³/mol. The number of anilines is 2. The van der Waals surface area contributed by atoms with Crippen LogP contribution in [0.25, 0.3) is 0 Å². The van der Waals surface area contributed by atoms with Crippen LogP contribution in [0.4, 0.5) is 24.5 Å². The molecule has 176 valence electrons. The largest absolute Gasteiger partial charge is 0.417 e. The Bertz CT molecular complexity index is 1180. The summed E-state index contributed by atoms with van der Waals surface area (Å²) < 4.78 is 39.6. The number of alkyl halides is 3. The van der Waals surface area contributed by atoms with E-state index < -0.39 is 28.8 Å². The number of halogens is 3. The lowest BCUT2D eigenvalue weighted by Gasteiger charge is -2.38. The SMILES string of the molecule is C[C@](O)(CN1C[C@@H]2C[C@H]1CN2c1ccc(C#N)cc1)C(=O)Nc1ccc(C#N)c(C(F)(F)F)c1. The number of hydrogen-bond acceptors (Lipinski definition) is 6. The summed E-state index contributed by atoms with van der Waals surface area (Å²) in [6.45, 7) is 2.70. The Morgan fingerprint density at radius 2 is 1.82 bits per heavy atom. The lowest BCUT2D eigenvalue weighted by molar-refractivity contribution is -0.138. The molecule has 2 saturated heterocycles. The van der Waals surface area contributed by atoms with Gasteiger partial charge < -0.3 is 15.3 Å². The van der Waals surface area contributed by atoms with Crippen LogP contribution in [0, 0.1) is 22.7 Å². The van der Waals surface area contributed by atoms with Gasteiger partial charge in [0.05, 0.1) is 28.8 Å². The molecule has 2 bridgehead atoms. The van der Waals surface area contributed by atoms with Crippen LogP contribution in [0.5, 0.6) is 0 Å². The second kappa shape index (κ2) is 8.64. The molecule has 0 aliphatic carbocycles. The number of piperazine rings is 1. The van der Waals surface area contributed by atoms with Gasteiger partial charge in [0, 0.05) is 43.1 Å². The Morgan fingerprint density at radius 3 is 2.38 bits per heavy atom. The number of likely N-dealkylation sites (tertiary alicyclic amines) is 1. The Kier molecular flexibility index (Phi) is 5.98. The Morgan fingerprint density at radius 1 is 1.12 bits per heavy atom. The van der Waals surface area contributed by atoms with Crippen molar-refractivity contribution in [1.82, 2.24) is 4.90 Å². The summed E-state index contributed by atoms with van der Waals surface area (Å²) in [5, 5.41) is 31.1. The molecule has 2 N–H and O–H groups in total. The zero-order valence-electron chi connectivity index (χ0n) is 18.3. The van der Waals surface area contributed by atoms with Gasteiger partial charge in [0.25, 0.3) is 5.91 Å². The summed E-state index contributed by atoms with van der Waals surface area (Å²) in [5.74, 6) is -0.822. The van der Waals surface area contributed by atoms with Crippen molar-refractivity contribution < 1.29 is 23.1 Å². The van der Waals surface area contributed by atoms with Crippen LogP contribution >= 0.6 is 0 Å². The number of fused-ring (bicyclic) bond motifs is 2. The highest BCUT2D eigenvalue weighted by Crippen LogP contribution is 2.36. The van der Waals surface area contributed by atoms with Gasteiger partial charge in [0.15, 0.2) is 5.60 Å². The first-order chi connectivity index (χ1) is 16.0. The maximum absolute atomic E-state index is 13.2. The molecule has 2 aromatic carbocycles. The fourth-order valence-electron chi connectivity index (χ4n) is 4.67. The molecular weight excluding hydrogens is 447 g/mol. The molecule has 0 aromatic heterocycles. The average Bonchev–Trinajstić information content (AvgIpc) is 3.38. The first-order valence-corrected chi connectivity index (χ1v) is 10.7. The van der Waals surface area contributed by atoms with Crippen molar-refractivity contribution in [3.63, 3.8) is 0 Å². The lowest BCUT2D eigenvalue weighted by atomic mass is 10.0. The van der Waals surface area contributed by atoms with Gasteiger partial charge in [0.2, 0.25) is 0 Å². The van der Waals surface area contributed by atoms with E-state index in [0.29, 0.717) is 24.7 Å². The Balaban J connectivity index is 1.40. The van der Waals surface area contributed by atoms with E-state index in [1.807, 2.05) is 17.0 Å². The molecule has 0 spiro atoms. The van der Waals surface area contributed by atoms with Crippen molar-refractivity contribution in [2.75, 3.05) is 29.9 Å². The number of carbonyl (C=O) groups excluding carboxylic acids is 1. The van der Waals surface area contributed by atoms with Crippen molar-refractivity contribution >= 4 is 17.3 Å². The van der Waals surface area contributed by atoms with Crippen molar-refractivity contribution in [3.8, 4) is 12.1 Å². The van der Waals surface area contributed by atoms with Crippen LogP contribution in [0.1, 0.15) is 30.0 Å². The fraction of sp³-hybridized carbons (Fsp3) is 0.375. The van der Waals surface area contributed by atoms with Gasteiger partial charge in [-0.25, -0.2) is 0 Å². The summed E-state index contributed by atoms with van der Waals surface area (Å²) in [5.41, 5.74) is -2.08. The van der Waals surface area contributed by atoms with Crippen LogP contribution in [0.2, 0.25) is 0 Å². The molecule has 2 heterocycles. The summed E-state index contributed by atoms with van der Waals surface area (Å²) >= 11 is 0. The molecule has 4 rings (SSSR count). The number of β-amino-alcohol motifs (C(OH)–C–C–N with tert-alkyl or cyclic N) is 1. The molecule has 2 aliphatic rings. The van der Waals surface area contributed by atoms with E-state index in [-0.39, 0.29) is 24.3 Å². The summed E-state index contributed by atoms with van der Waals surface area (Å²) in [7, 11) is 0. The zero-order valence-corrected chi connectivity index (χ0v) is 18.3. The number of rotatable bonds is 5. The first-order valence-electron chi connectivity index (χ1n) is 10.7. The molecule has 34 heavy (non-hydrogen) atoms. The van der Waals surface area contributed by atoms with Crippen LogP contribution in [0.15, 0.2) is 42.5 Å². The van der Waals surface area contributed by atoms with Crippen LogP contribution in [-0.4, -0.2) is 53.2 Å². The second-order valence-corrected chi connectivity index (χ2v) is 8.88. The van der Waals surface area contributed by atoms with Crippen molar-refractivity contribution in [2.24, 2.45) is 0 Å². The number of nitriles is 2. The first kappa shape index (κ1) is 23.6. The highest BCUT2D eigenvalue weighted by molar-refractivity contribution is 5.97. The van der Waals surface area contributed by atoms with Gasteiger partial charge in [-0.05, 0) is 55.8 Å². The van der Waals surface area contributed by atoms with E-state index in [1.165, 1.54) is 19.1 Å². The monoisotopic (exact) mass is 469 g/mol. The van der Waals surface area contributed by atoms with E-state index in [1.54, 1.807) is 12.1 Å². The average molecular weight is 469 g/mol. The zero-order chi connectivity index (χ0) is 24.7. The number of aliphatic hydroxyl groups is 1. The third-order valence-electron chi connectivity index (χ3n) is 6.39. The maximum atomic E-state index is 13.2. The minimum Gasteiger partial charge on any atom is -0.379 e. The van der Waals surface area contributed by atoms with Gasteiger partial charge in [0.1, 0.15) is 0 Å². The number of amides is 1. The standard InChI is InChI=1S/C24H22F3N5O2/c1-23(34,22(33)30-17-5-4-16(11-29)21(8-17)24(25,26)27)14-31-12-20-9-19(31)13-32(20)18-6-2-15(10-28)3-7-18/h2-8,19-20,34H,9,12-14H2,1H3,(H,30,33)/t19-,20-,23-/m0/s1. The van der Waals surface area contributed by atoms with E-state index in [9.17, 15) is 23.1 Å².